The first-order chi connectivity index (χ1) is 7.85. The summed E-state index contributed by atoms with van der Waals surface area (Å²) in [6.45, 7) is 7.97. The molecule has 0 rings (SSSR count). The fraction of sp³-hybridized carbons (Fsp3) is 1.00. The summed E-state index contributed by atoms with van der Waals surface area (Å²) >= 11 is 0. The third-order valence-electron chi connectivity index (χ3n) is 3.65. The van der Waals surface area contributed by atoms with E-state index in [1.165, 1.54) is 76.7 Å². The largest absolute Gasteiger partial charge is 0.412 e. The van der Waals surface area contributed by atoms with Crippen LogP contribution >= 0.6 is 0 Å². The summed E-state index contributed by atoms with van der Waals surface area (Å²) in [6.07, 6.45) is 17.4. The van der Waals surface area contributed by atoms with Crippen molar-refractivity contribution in [2.45, 2.75) is 97.5 Å². The highest BCUT2D eigenvalue weighted by Crippen LogP contribution is 2.18. The number of hydrogen-bond donors (Lipinski definition) is 0. The molecule has 0 saturated heterocycles. The summed E-state index contributed by atoms with van der Waals surface area (Å²) in [6, 6.07) is 0. The summed E-state index contributed by atoms with van der Waals surface area (Å²) in [5.74, 6) is 0. The van der Waals surface area contributed by atoms with Crippen LogP contribution in [0.1, 0.15) is 78.6 Å². The maximum absolute atomic E-state index is 2.31. The van der Waals surface area contributed by atoms with Crippen LogP contribution in [0, 0.1) is 0 Å². The van der Waals surface area contributed by atoms with Gasteiger partial charge in [0.15, 0.2) is 0 Å². The van der Waals surface area contributed by atoms with Gasteiger partial charge in [-0.15, -0.1) is 0 Å². The quantitative estimate of drug-likeness (QED) is 0.331. The molecular formula is C15H35BO. The second-order valence-corrected chi connectivity index (χ2v) is 5.35. The fourth-order valence-corrected chi connectivity index (χ4v) is 2.48. The zero-order valence-corrected chi connectivity index (χ0v) is 12.6. The predicted octanol–water partition coefficient (Wildman–Crippen LogP) is 5.23. The second-order valence-electron chi connectivity index (χ2n) is 5.35. The Hall–Kier alpha value is 0.0249. The maximum Gasteiger partial charge on any atom is 0.139 e. The minimum atomic E-state index is 0. The normalized spacial score (nSPS) is 10.1. The van der Waals surface area contributed by atoms with Crippen molar-refractivity contribution in [1.82, 2.24) is 0 Å². The summed E-state index contributed by atoms with van der Waals surface area (Å²) in [7, 11) is 0. The Morgan fingerprint density at radius 3 is 1.06 bits per heavy atom. The van der Waals surface area contributed by atoms with Gasteiger partial charge in [0.2, 0.25) is 0 Å². The fourth-order valence-electron chi connectivity index (χ4n) is 2.48. The standard InChI is InChI=1S/C15H33B.H2O/c1-4-7-10-13-16(14-11-8-5-2)15-12-9-6-3;/h4-15H2,1-3H3;1H2. The molecular weight excluding hydrogens is 207 g/mol. The lowest BCUT2D eigenvalue weighted by molar-refractivity contribution is 0.726. The summed E-state index contributed by atoms with van der Waals surface area (Å²) < 4.78 is 0. The van der Waals surface area contributed by atoms with Crippen molar-refractivity contribution < 1.29 is 5.48 Å². The molecule has 0 amide bonds. The molecule has 0 bridgehead atoms. The molecule has 0 aliphatic heterocycles. The smallest absolute Gasteiger partial charge is 0.139 e. The van der Waals surface area contributed by atoms with E-state index < -0.39 is 0 Å². The second kappa shape index (κ2) is 16.0. The third-order valence-corrected chi connectivity index (χ3v) is 3.65. The van der Waals surface area contributed by atoms with Crippen LogP contribution in [0.5, 0.6) is 0 Å². The van der Waals surface area contributed by atoms with Crippen molar-refractivity contribution >= 4 is 6.71 Å². The number of hydrogen-bond acceptors (Lipinski definition) is 0. The van der Waals surface area contributed by atoms with Crippen LogP contribution in [-0.4, -0.2) is 12.2 Å². The van der Waals surface area contributed by atoms with E-state index in [1.807, 2.05) is 0 Å². The minimum Gasteiger partial charge on any atom is -0.412 e. The van der Waals surface area contributed by atoms with Crippen molar-refractivity contribution in [3.63, 3.8) is 0 Å². The Bertz CT molecular complexity index is 104. The average molecular weight is 242 g/mol. The van der Waals surface area contributed by atoms with Crippen LogP contribution in [0.3, 0.4) is 0 Å². The monoisotopic (exact) mass is 242 g/mol. The topological polar surface area (TPSA) is 31.5 Å². The molecule has 0 aromatic heterocycles. The summed E-state index contributed by atoms with van der Waals surface area (Å²) in [4.78, 5) is 0. The van der Waals surface area contributed by atoms with Crippen molar-refractivity contribution in [1.29, 1.82) is 0 Å². The van der Waals surface area contributed by atoms with Crippen LogP contribution in [0.25, 0.3) is 0 Å². The molecule has 0 radical (unpaired) electrons. The van der Waals surface area contributed by atoms with E-state index in [1.54, 1.807) is 0 Å². The Kier molecular flexibility index (Phi) is 18.3. The molecule has 0 aromatic carbocycles. The zero-order valence-electron chi connectivity index (χ0n) is 12.6. The van der Waals surface area contributed by atoms with Gasteiger partial charge in [-0.2, -0.15) is 0 Å². The molecule has 0 heterocycles. The lowest BCUT2D eigenvalue weighted by Gasteiger charge is -2.13. The molecule has 2 heteroatoms. The zero-order chi connectivity index (χ0) is 12.1. The summed E-state index contributed by atoms with van der Waals surface area (Å²) in [5.41, 5.74) is 0. The van der Waals surface area contributed by atoms with Crippen molar-refractivity contribution in [2.24, 2.45) is 0 Å². The SMILES string of the molecule is CCCCCB(CCCCC)CCCCC.O. The minimum absolute atomic E-state index is 0. The first-order valence-corrected chi connectivity index (χ1v) is 7.85. The molecule has 0 aliphatic carbocycles. The number of rotatable bonds is 12. The Labute approximate surface area is 110 Å². The highest BCUT2D eigenvalue weighted by atomic mass is 16.0. The average Bonchev–Trinajstić information content (AvgIpc) is 2.29. The van der Waals surface area contributed by atoms with E-state index in [4.69, 9.17) is 0 Å². The van der Waals surface area contributed by atoms with Crippen molar-refractivity contribution in [2.75, 3.05) is 0 Å². The lowest BCUT2D eigenvalue weighted by Crippen LogP contribution is -2.11. The molecule has 0 aliphatic rings. The van der Waals surface area contributed by atoms with Gasteiger partial charge < -0.3 is 5.48 Å². The molecule has 0 spiro atoms. The lowest BCUT2D eigenvalue weighted by atomic mass is 9.41. The van der Waals surface area contributed by atoms with Crippen LogP contribution in [0.4, 0.5) is 0 Å². The Morgan fingerprint density at radius 2 is 0.824 bits per heavy atom. The van der Waals surface area contributed by atoms with E-state index in [2.05, 4.69) is 20.8 Å². The van der Waals surface area contributed by atoms with Crippen LogP contribution in [-0.2, 0) is 0 Å². The van der Waals surface area contributed by atoms with Crippen LogP contribution in [0.2, 0.25) is 19.0 Å². The van der Waals surface area contributed by atoms with Crippen LogP contribution < -0.4 is 0 Å². The summed E-state index contributed by atoms with van der Waals surface area (Å²) in [5, 5.41) is 0. The molecule has 0 unspecified atom stereocenters. The van der Waals surface area contributed by atoms with E-state index >= 15 is 0 Å². The van der Waals surface area contributed by atoms with E-state index in [9.17, 15) is 0 Å². The highest BCUT2D eigenvalue weighted by Gasteiger charge is 2.11. The molecule has 2 N–H and O–H groups in total. The van der Waals surface area contributed by atoms with E-state index in [0.29, 0.717) is 0 Å². The van der Waals surface area contributed by atoms with Crippen molar-refractivity contribution in [3.05, 3.63) is 0 Å². The molecule has 17 heavy (non-hydrogen) atoms. The van der Waals surface area contributed by atoms with E-state index in [0.717, 1.165) is 6.71 Å². The molecule has 0 aromatic rings. The Morgan fingerprint density at radius 1 is 0.529 bits per heavy atom. The van der Waals surface area contributed by atoms with Gasteiger partial charge in [-0.1, -0.05) is 97.5 Å². The van der Waals surface area contributed by atoms with E-state index in [-0.39, 0.29) is 5.48 Å². The van der Waals surface area contributed by atoms with Gasteiger partial charge in [0.1, 0.15) is 6.71 Å². The first-order valence-electron chi connectivity index (χ1n) is 7.85. The highest BCUT2D eigenvalue weighted by molar-refractivity contribution is 6.58. The maximum atomic E-state index is 2.31. The van der Waals surface area contributed by atoms with Crippen LogP contribution in [0.15, 0.2) is 0 Å². The number of unbranched alkanes of at least 4 members (excludes halogenated alkanes) is 6. The van der Waals surface area contributed by atoms with Gasteiger partial charge in [0.25, 0.3) is 0 Å². The van der Waals surface area contributed by atoms with Crippen molar-refractivity contribution in [3.8, 4) is 0 Å². The molecule has 104 valence electrons. The van der Waals surface area contributed by atoms with Gasteiger partial charge in [-0.3, -0.25) is 0 Å². The predicted molar refractivity (Wildman–Crippen MR) is 82.4 cm³/mol. The van der Waals surface area contributed by atoms with Gasteiger partial charge in [-0.05, 0) is 0 Å². The molecule has 0 atom stereocenters. The molecule has 0 fully saturated rings. The van der Waals surface area contributed by atoms with Gasteiger partial charge in [-0.25, -0.2) is 0 Å². The van der Waals surface area contributed by atoms with Gasteiger partial charge in [0, 0.05) is 0 Å². The Balaban J connectivity index is 0. The molecule has 1 nitrogen and oxygen atoms in total. The third kappa shape index (κ3) is 14.0. The van der Waals surface area contributed by atoms with Gasteiger partial charge >= 0.3 is 0 Å². The first kappa shape index (κ1) is 19.4. The van der Waals surface area contributed by atoms with Gasteiger partial charge in [0.05, 0.1) is 0 Å². The molecule has 0 saturated carbocycles.